The Balaban J connectivity index is 2.27. The molecule has 5 nitrogen and oxygen atoms in total. The summed E-state index contributed by atoms with van der Waals surface area (Å²) in [4.78, 5) is 0. The molecule has 0 amide bonds. The number of rotatable bonds is 4. The summed E-state index contributed by atoms with van der Waals surface area (Å²) in [5.41, 5.74) is 2.65. The molecule has 108 valence electrons. The third-order valence-electron chi connectivity index (χ3n) is 3.43. The summed E-state index contributed by atoms with van der Waals surface area (Å²) in [5.74, 6) is 1.79. The molecular weight excluding hydrogens is 268 g/mol. The first kappa shape index (κ1) is 13.3. The van der Waals surface area contributed by atoms with E-state index in [0.717, 1.165) is 22.2 Å². The average Bonchev–Trinajstić information content (AvgIpc) is 2.97. The molecule has 0 aliphatic rings. The predicted molar refractivity (Wildman–Crippen MR) is 81.2 cm³/mol. The zero-order valence-electron chi connectivity index (χ0n) is 12.1. The molecule has 0 unspecified atom stereocenters. The zero-order chi connectivity index (χ0) is 14.8. The van der Waals surface area contributed by atoms with Crippen LogP contribution in [0.25, 0.3) is 22.2 Å². The highest BCUT2D eigenvalue weighted by molar-refractivity contribution is 5.95. The van der Waals surface area contributed by atoms with E-state index < -0.39 is 0 Å². The van der Waals surface area contributed by atoms with Gasteiger partial charge in [-0.05, 0) is 18.2 Å². The van der Waals surface area contributed by atoms with Gasteiger partial charge in [0.15, 0.2) is 11.5 Å². The van der Waals surface area contributed by atoms with E-state index in [4.69, 9.17) is 14.2 Å². The highest BCUT2D eigenvalue weighted by atomic mass is 16.5. The van der Waals surface area contributed by atoms with E-state index in [1.807, 2.05) is 36.4 Å². The molecule has 0 spiro atoms. The SMILES string of the molecule is COc1ccc(-c2n[nH]c3ccccc23)c(OC)c1OC. The molecule has 3 rings (SSSR count). The highest BCUT2D eigenvalue weighted by Crippen LogP contribution is 2.44. The lowest BCUT2D eigenvalue weighted by molar-refractivity contribution is 0.325. The van der Waals surface area contributed by atoms with Crippen molar-refractivity contribution in [2.24, 2.45) is 0 Å². The summed E-state index contributed by atoms with van der Waals surface area (Å²) in [7, 11) is 4.79. The second kappa shape index (κ2) is 5.36. The number of H-pyrrole nitrogens is 1. The first-order chi connectivity index (χ1) is 10.3. The lowest BCUT2D eigenvalue weighted by atomic mass is 10.1. The quantitative estimate of drug-likeness (QED) is 0.799. The van der Waals surface area contributed by atoms with Crippen molar-refractivity contribution >= 4 is 10.9 Å². The Kier molecular flexibility index (Phi) is 3.39. The number of nitrogens with zero attached hydrogens (tertiary/aromatic N) is 1. The monoisotopic (exact) mass is 284 g/mol. The maximum absolute atomic E-state index is 5.52. The largest absolute Gasteiger partial charge is 0.493 e. The van der Waals surface area contributed by atoms with Crippen LogP contribution in [0, 0.1) is 0 Å². The molecule has 0 fully saturated rings. The molecule has 0 aliphatic heterocycles. The summed E-state index contributed by atoms with van der Waals surface area (Å²) in [5, 5.41) is 8.46. The highest BCUT2D eigenvalue weighted by Gasteiger charge is 2.19. The number of fused-ring (bicyclic) bond motifs is 1. The van der Waals surface area contributed by atoms with Crippen LogP contribution in [0.5, 0.6) is 17.2 Å². The minimum Gasteiger partial charge on any atom is -0.493 e. The van der Waals surface area contributed by atoms with Crippen LogP contribution in [-0.4, -0.2) is 31.5 Å². The molecule has 0 saturated carbocycles. The van der Waals surface area contributed by atoms with Crippen molar-refractivity contribution in [3.05, 3.63) is 36.4 Å². The van der Waals surface area contributed by atoms with Crippen LogP contribution in [0.1, 0.15) is 0 Å². The van der Waals surface area contributed by atoms with Crippen LogP contribution in [0.3, 0.4) is 0 Å². The van der Waals surface area contributed by atoms with Gasteiger partial charge in [0.2, 0.25) is 5.75 Å². The predicted octanol–water partition coefficient (Wildman–Crippen LogP) is 3.26. The Morgan fingerprint density at radius 2 is 1.62 bits per heavy atom. The normalized spacial score (nSPS) is 10.6. The van der Waals surface area contributed by atoms with Gasteiger partial charge in [-0.3, -0.25) is 5.10 Å². The smallest absolute Gasteiger partial charge is 0.203 e. The molecule has 3 aromatic rings. The minimum absolute atomic E-state index is 0.560. The lowest BCUT2D eigenvalue weighted by Crippen LogP contribution is -1.97. The molecule has 1 aromatic heterocycles. The molecule has 1 N–H and O–H groups in total. The van der Waals surface area contributed by atoms with Crippen LogP contribution < -0.4 is 14.2 Å². The Morgan fingerprint density at radius 3 is 2.33 bits per heavy atom. The molecular formula is C16H16N2O3. The van der Waals surface area contributed by atoms with Crippen molar-refractivity contribution in [2.75, 3.05) is 21.3 Å². The third-order valence-corrected chi connectivity index (χ3v) is 3.43. The van der Waals surface area contributed by atoms with Gasteiger partial charge in [-0.2, -0.15) is 5.10 Å². The van der Waals surface area contributed by atoms with E-state index in [1.165, 1.54) is 0 Å². The number of benzene rings is 2. The van der Waals surface area contributed by atoms with Crippen LogP contribution in [0.15, 0.2) is 36.4 Å². The fraction of sp³-hybridized carbons (Fsp3) is 0.188. The molecule has 1 heterocycles. The fourth-order valence-corrected chi connectivity index (χ4v) is 2.46. The number of hydrogen-bond donors (Lipinski definition) is 1. The van der Waals surface area contributed by atoms with Crippen LogP contribution in [-0.2, 0) is 0 Å². The Labute approximate surface area is 122 Å². The van der Waals surface area contributed by atoms with Crippen LogP contribution in [0.4, 0.5) is 0 Å². The van der Waals surface area contributed by atoms with E-state index in [1.54, 1.807) is 21.3 Å². The van der Waals surface area contributed by atoms with E-state index in [2.05, 4.69) is 10.2 Å². The standard InChI is InChI=1S/C16H16N2O3/c1-19-13-9-8-11(15(20-2)16(13)21-3)14-10-6-4-5-7-12(10)17-18-14/h4-9H,1-3H3,(H,17,18). The van der Waals surface area contributed by atoms with E-state index in [0.29, 0.717) is 17.2 Å². The van der Waals surface area contributed by atoms with Gasteiger partial charge >= 0.3 is 0 Å². The number of aromatic nitrogens is 2. The summed E-state index contributed by atoms with van der Waals surface area (Å²) in [6, 6.07) is 11.7. The van der Waals surface area contributed by atoms with Crippen molar-refractivity contribution < 1.29 is 14.2 Å². The van der Waals surface area contributed by atoms with Gasteiger partial charge in [0.1, 0.15) is 5.69 Å². The number of nitrogens with one attached hydrogen (secondary N) is 1. The molecule has 0 radical (unpaired) electrons. The van der Waals surface area contributed by atoms with Crippen molar-refractivity contribution in [2.45, 2.75) is 0 Å². The summed E-state index contributed by atoms with van der Waals surface area (Å²) in [6.07, 6.45) is 0. The van der Waals surface area contributed by atoms with Gasteiger partial charge < -0.3 is 14.2 Å². The van der Waals surface area contributed by atoms with E-state index in [9.17, 15) is 0 Å². The second-order valence-electron chi connectivity index (χ2n) is 4.50. The molecule has 0 atom stereocenters. The Hall–Kier alpha value is -2.69. The van der Waals surface area contributed by atoms with E-state index >= 15 is 0 Å². The second-order valence-corrected chi connectivity index (χ2v) is 4.50. The van der Waals surface area contributed by atoms with Gasteiger partial charge in [-0.25, -0.2) is 0 Å². The molecule has 0 saturated heterocycles. The van der Waals surface area contributed by atoms with Crippen molar-refractivity contribution in [1.29, 1.82) is 0 Å². The maximum atomic E-state index is 5.52. The number of aromatic amines is 1. The van der Waals surface area contributed by atoms with Gasteiger partial charge in [0, 0.05) is 10.9 Å². The summed E-state index contributed by atoms with van der Waals surface area (Å²) in [6.45, 7) is 0. The number of ether oxygens (including phenoxy) is 3. The van der Waals surface area contributed by atoms with Crippen molar-refractivity contribution in [3.8, 4) is 28.5 Å². The zero-order valence-corrected chi connectivity index (χ0v) is 12.1. The van der Waals surface area contributed by atoms with Crippen LogP contribution in [0.2, 0.25) is 0 Å². The Morgan fingerprint density at radius 1 is 0.857 bits per heavy atom. The number of methoxy groups -OCH3 is 3. The molecule has 0 bridgehead atoms. The maximum Gasteiger partial charge on any atom is 0.203 e. The Bertz CT molecular complexity index is 780. The number of hydrogen-bond acceptors (Lipinski definition) is 4. The fourth-order valence-electron chi connectivity index (χ4n) is 2.46. The van der Waals surface area contributed by atoms with Crippen LogP contribution >= 0.6 is 0 Å². The van der Waals surface area contributed by atoms with Gasteiger partial charge in [-0.1, -0.05) is 18.2 Å². The van der Waals surface area contributed by atoms with Gasteiger partial charge in [0.05, 0.1) is 26.8 Å². The minimum atomic E-state index is 0.560. The van der Waals surface area contributed by atoms with Crippen molar-refractivity contribution in [3.63, 3.8) is 0 Å². The molecule has 21 heavy (non-hydrogen) atoms. The summed E-state index contributed by atoms with van der Waals surface area (Å²) >= 11 is 0. The van der Waals surface area contributed by atoms with Gasteiger partial charge in [-0.15, -0.1) is 0 Å². The number of para-hydroxylation sites is 1. The molecule has 2 aromatic carbocycles. The molecule has 5 heteroatoms. The molecule has 0 aliphatic carbocycles. The topological polar surface area (TPSA) is 56.4 Å². The van der Waals surface area contributed by atoms with Gasteiger partial charge in [0.25, 0.3) is 0 Å². The van der Waals surface area contributed by atoms with E-state index in [-0.39, 0.29) is 0 Å². The first-order valence-electron chi connectivity index (χ1n) is 6.52. The average molecular weight is 284 g/mol. The first-order valence-corrected chi connectivity index (χ1v) is 6.52. The van der Waals surface area contributed by atoms with Crippen molar-refractivity contribution in [1.82, 2.24) is 10.2 Å². The summed E-state index contributed by atoms with van der Waals surface area (Å²) < 4.78 is 16.3. The lowest BCUT2D eigenvalue weighted by Gasteiger charge is -2.14. The third kappa shape index (κ3) is 2.07.